The predicted molar refractivity (Wildman–Crippen MR) is 73.0 cm³/mol. The average Bonchev–Trinajstić information content (AvgIpc) is 2.41. The molecule has 0 saturated carbocycles. The molecule has 0 fully saturated rings. The molecule has 0 aliphatic rings. The van der Waals surface area contributed by atoms with Crippen LogP contribution >= 0.6 is 15.9 Å². The molecule has 118 valence electrons. The molecule has 21 heavy (non-hydrogen) atoms. The summed E-state index contributed by atoms with van der Waals surface area (Å²) in [5.74, 6) is -2.43. The molecule has 8 heteroatoms. The lowest BCUT2D eigenvalue weighted by molar-refractivity contribution is -0.140. The van der Waals surface area contributed by atoms with Crippen LogP contribution in [0.5, 0.6) is 0 Å². The summed E-state index contributed by atoms with van der Waals surface area (Å²) in [7, 11) is 0. The molecule has 1 aromatic rings. The molecular formula is C13H14BrF4NO2. The van der Waals surface area contributed by atoms with Gasteiger partial charge in [-0.3, -0.25) is 4.79 Å². The highest BCUT2D eigenvalue weighted by molar-refractivity contribution is 9.09. The maximum Gasteiger partial charge on any atom is 0.419 e. The summed E-state index contributed by atoms with van der Waals surface area (Å²) in [4.78, 5) is 11.7. The van der Waals surface area contributed by atoms with Crippen LogP contribution in [0.2, 0.25) is 0 Å². The van der Waals surface area contributed by atoms with Crippen LogP contribution in [0.1, 0.15) is 22.3 Å². The molecular weight excluding hydrogens is 358 g/mol. The van der Waals surface area contributed by atoms with E-state index in [4.69, 9.17) is 4.74 Å². The molecule has 3 nitrogen and oxygen atoms in total. The zero-order valence-corrected chi connectivity index (χ0v) is 12.6. The first-order chi connectivity index (χ1) is 9.88. The Labute approximate surface area is 127 Å². The number of ether oxygens (including phenoxy) is 1. The van der Waals surface area contributed by atoms with Gasteiger partial charge in [-0.15, -0.1) is 0 Å². The summed E-state index contributed by atoms with van der Waals surface area (Å²) >= 11 is 3.17. The van der Waals surface area contributed by atoms with Crippen molar-refractivity contribution in [2.45, 2.75) is 12.6 Å². The first-order valence-corrected chi connectivity index (χ1v) is 7.27. The van der Waals surface area contributed by atoms with E-state index in [0.29, 0.717) is 31.0 Å². The average molecular weight is 372 g/mol. The van der Waals surface area contributed by atoms with Crippen molar-refractivity contribution < 1.29 is 27.1 Å². The molecule has 1 rings (SSSR count). The van der Waals surface area contributed by atoms with Crippen LogP contribution < -0.4 is 5.32 Å². The second-order valence-corrected chi connectivity index (χ2v) is 4.87. The van der Waals surface area contributed by atoms with Gasteiger partial charge in [-0.05, 0) is 18.6 Å². The maximum absolute atomic E-state index is 13.7. The highest BCUT2D eigenvalue weighted by Crippen LogP contribution is 2.32. The van der Waals surface area contributed by atoms with Crippen LogP contribution in [0.15, 0.2) is 18.2 Å². The van der Waals surface area contributed by atoms with Gasteiger partial charge in [-0.2, -0.15) is 13.2 Å². The van der Waals surface area contributed by atoms with Crippen molar-refractivity contribution in [1.29, 1.82) is 0 Å². The minimum atomic E-state index is -4.83. The largest absolute Gasteiger partial charge is 0.419 e. The Kier molecular flexibility index (Phi) is 7.10. The first-order valence-electron chi connectivity index (χ1n) is 6.15. The van der Waals surface area contributed by atoms with Crippen molar-refractivity contribution in [3.8, 4) is 0 Å². The molecule has 0 heterocycles. The van der Waals surface area contributed by atoms with Crippen LogP contribution in [0.4, 0.5) is 17.6 Å². The molecule has 0 unspecified atom stereocenters. The number of benzene rings is 1. The summed E-state index contributed by atoms with van der Waals surface area (Å²) in [6.07, 6.45) is -4.34. The van der Waals surface area contributed by atoms with Crippen molar-refractivity contribution >= 4 is 21.8 Å². The Morgan fingerprint density at radius 1 is 1.29 bits per heavy atom. The fourth-order valence-corrected chi connectivity index (χ4v) is 1.78. The minimum absolute atomic E-state index is 0.191. The zero-order chi connectivity index (χ0) is 15.9. The van der Waals surface area contributed by atoms with Gasteiger partial charge in [-0.25, -0.2) is 4.39 Å². The fourth-order valence-electron chi connectivity index (χ4n) is 1.55. The summed E-state index contributed by atoms with van der Waals surface area (Å²) in [5.41, 5.74) is -2.07. The number of hydrogen-bond acceptors (Lipinski definition) is 2. The maximum atomic E-state index is 13.7. The number of nitrogens with one attached hydrogen (secondary N) is 1. The smallest absolute Gasteiger partial charge is 0.381 e. The van der Waals surface area contributed by atoms with E-state index in [2.05, 4.69) is 21.2 Å². The summed E-state index contributed by atoms with van der Waals surface area (Å²) in [6.45, 7) is 1.12. The summed E-state index contributed by atoms with van der Waals surface area (Å²) in [6, 6.07) is 2.61. The summed E-state index contributed by atoms with van der Waals surface area (Å²) in [5, 5.41) is 3.05. The van der Waals surface area contributed by atoms with Gasteiger partial charge in [0.05, 0.1) is 17.7 Å². The predicted octanol–water partition coefficient (Wildman–Crippen LogP) is 3.38. The number of rotatable bonds is 7. The number of carbonyl (C=O) groups is 1. The van der Waals surface area contributed by atoms with E-state index < -0.39 is 29.0 Å². The van der Waals surface area contributed by atoms with Crippen LogP contribution in [0.25, 0.3) is 0 Å². The standard InChI is InChI=1S/C13H14BrF4NO2/c14-5-8-21-7-2-6-19-12(20)9-3-1-4-10(11(9)15)13(16,17)18/h1,3-4H,2,5-8H2,(H,19,20). The molecule has 0 bridgehead atoms. The zero-order valence-electron chi connectivity index (χ0n) is 11.0. The van der Waals surface area contributed by atoms with Gasteiger partial charge < -0.3 is 10.1 Å². The van der Waals surface area contributed by atoms with Gasteiger partial charge in [0.15, 0.2) is 0 Å². The Hall–Kier alpha value is -1.15. The van der Waals surface area contributed by atoms with E-state index in [1.165, 1.54) is 0 Å². The van der Waals surface area contributed by atoms with E-state index in [0.717, 1.165) is 12.1 Å². The highest BCUT2D eigenvalue weighted by Gasteiger charge is 2.35. The number of carbonyl (C=O) groups excluding carboxylic acids is 1. The van der Waals surface area contributed by atoms with Crippen molar-refractivity contribution in [3.05, 3.63) is 35.1 Å². The number of amides is 1. The van der Waals surface area contributed by atoms with Crippen LogP contribution in [0.3, 0.4) is 0 Å². The number of halogens is 5. The van der Waals surface area contributed by atoms with Crippen molar-refractivity contribution in [3.63, 3.8) is 0 Å². The molecule has 0 atom stereocenters. The van der Waals surface area contributed by atoms with Crippen molar-refractivity contribution in [2.24, 2.45) is 0 Å². The Bertz CT molecular complexity index is 480. The minimum Gasteiger partial charge on any atom is -0.381 e. The summed E-state index contributed by atoms with van der Waals surface area (Å²) < 4.78 is 56.4. The van der Waals surface area contributed by atoms with E-state index in [9.17, 15) is 22.4 Å². The van der Waals surface area contributed by atoms with Gasteiger partial charge in [0.2, 0.25) is 0 Å². The third kappa shape index (κ3) is 5.62. The monoisotopic (exact) mass is 371 g/mol. The van der Waals surface area contributed by atoms with Crippen LogP contribution in [0, 0.1) is 5.82 Å². The van der Waals surface area contributed by atoms with E-state index in [1.54, 1.807) is 0 Å². The molecule has 1 aromatic carbocycles. The van der Waals surface area contributed by atoms with E-state index >= 15 is 0 Å². The third-order valence-corrected chi connectivity index (χ3v) is 2.84. The van der Waals surface area contributed by atoms with Crippen molar-refractivity contribution in [1.82, 2.24) is 5.32 Å². The van der Waals surface area contributed by atoms with Gasteiger partial charge in [-0.1, -0.05) is 22.0 Å². The second-order valence-electron chi connectivity index (χ2n) is 4.08. The SMILES string of the molecule is O=C(NCCCOCCBr)c1cccc(C(F)(F)F)c1F. The molecule has 1 amide bonds. The van der Waals surface area contributed by atoms with Crippen LogP contribution in [-0.4, -0.2) is 31.0 Å². The van der Waals surface area contributed by atoms with E-state index in [1.807, 2.05) is 0 Å². The Morgan fingerprint density at radius 3 is 2.62 bits per heavy atom. The Balaban J connectivity index is 2.59. The topological polar surface area (TPSA) is 38.3 Å². The van der Waals surface area contributed by atoms with Crippen molar-refractivity contribution in [2.75, 3.05) is 25.1 Å². The van der Waals surface area contributed by atoms with Gasteiger partial charge in [0.1, 0.15) is 5.82 Å². The van der Waals surface area contributed by atoms with Crippen LogP contribution in [-0.2, 0) is 10.9 Å². The third-order valence-electron chi connectivity index (χ3n) is 2.52. The molecule has 0 aliphatic carbocycles. The second kappa shape index (κ2) is 8.33. The Morgan fingerprint density at radius 2 is 2.00 bits per heavy atom. The molecule has 1 N–H and O–H groups in total. The number of alkyl halides is 4. The quantitative estimate of drug-likeness (QED) is 0.453. The lowest BCUT2D eigenvalue weighted by Gasteiger charge is -2.11. The van der Waals surface area contributed by atoms with E-state index in [-0.39, 0.29) is 6.54 Å². The lowest BCUT2D eigenvalue weighted by atomic mass is 10.1. The lowest BCUT2D eigenvalue weighted by Crippen LogP contribution is -2.27. The van der Waals surface area contributed by atoms with Gasteiger partial charge >= 0.3 is 6.18 Å². The molecule has 0 saturated heterocycles. The molecule has 0 spiro atoms. The highest BCUT2D eigenvalue weighted by atomic mass is 79.9. The molecule has 0 aromatic heterocycles. The molecule has 0 aliphatic heterocycles. The molecule has 0 radical (unpaired) electrons. The van der Waals surface area contributed by atoms with Gasteiger partial charge in [0, 0.05) is 18.5 Å². The normalized spacial score (nSPS) is 11.5. The first kappa shape index (κ1) is 17.9. The number of hydrogen-bond donors (Lipinski definition) is 1. The fraction of sp³-hybridized carbons (Fsp3) is 0.462. The van der Waals surface area contributed by atoms with Gasteiger partial charge in [0.25, 0.3) is 5.91 Å².